The van der Waals surface area contributed by atoms with Gasteiger partial charge in [0, 0.05) is 25.2 Å². The Balaban J connectivity index is 1.83. The van der Waals surface area contributed by atoms with Crippen LogP contribution < -0.4 is 5.32 Å². The van der Waals surface area contributed by atoms with Crippen molar-refractivity contribution in [3.8, 4) is 0 Å². The fourth-order valence-electron chi connectivity index (χ4n) is 3.64. The maximum Gasteiger partial charge on any atom is 0.410 e. The summed E-state index contributed by atoms with van der Waals surface area (Å²) in [6.45, 7) is 11.0. The molecule has 1 amide bonds. The van der Waals surface area contributed by atoms with Crippen molar-refractivity contribution < 1.29 is 14.3 Å². The molecule has 0 saturated carbocycles. The Hall–Kier alpha value is -0.810. The topological polar surface area (TPSA) is 50.8 Å². The summed E-state index contributed by atoms with van der Waals surface area (Å²) in [5.41, 5.74) is -0.499. The van der Waals surface area contributed by atoms with Crippen LogP contribution in [-0.4, -0.2) is 54.0 Å². The van der Waals surface area contributed by atoms with Crippen LogP contribution in [0.5, 0.6) is 0 Å². The number of ether oxygens (including phenoxy) is 2. The van der Waals surface area contributed by atoms with Gasteiger partial charge in [0.05, 0.1) is 5.60 Å². The van der Waals surface area contributed by atoms with Gasteiger partial charge in [0.15, 0.2) is 0 Å². The first kappa shape index (κ1) is 18.5. The van der Waals surface area contributed by atoms with Crippen molar-refractivity contribution in [1.82, 2.24) is 10.2 Å². The monoisotopic (exact) mass is 326 g/mol. The van der Waals surface area contributed by atoms with Gasteiger partial charge < -0.3 is 19.7 Å². The lowest BCUT2D eigenvalue weighted by atomic mass is 9.97. The lowest BCUT2D eigenvalue weighted by Gasteiger charge is -2.40. The summed E-state index contributed by atoms with van der Waals surface area (Å²) in [5, 5.41) is 3.66. The molecular formula is C18H34N2O3. The van der Waals surface area contributed by atoms with Crippen molar-refractivity contribution in [2.45, 2.75) is 96.1 Å². The molecular weight excluding hydrogens is 292 g/mol. The Morgan fingerprint density at radius 3 is 2.17 bits per heavy atom. The molecule has 2 atom stereocenters. The van der Waals surface area contributed by atoms with Crippen LogP contribution >= 0.6 is 0 Å². The third kappa shape index (κ3) is 5.08. The van der Waals surface area contributed by atoms with Crippen molar-refractivity contribution >= 4 is 6.09 Å². The molecule has 0 radical (unpaired) electrons. The first-order valence-electron chi connectivity index (χ1n) is 8.91. The summed E-state index contributed by atoms with van der Waals surface area (Å²) in [7, 11) is 1.76. The highest BCUT2D eigenvalue weighted by Gasteiger charge is 2.44. The average Bonchev–Trinajstić information content (AvgIpc) is 2.69. The van der Waals surface area contributed by atoms with E-state index >= 15 is 0 Å². The van der Waals surface area contributed by atoms with Gasteiger partial charge >= 0.3 is 6.09 Å². The smallest absolute Gasteiger partial charge is 0.410 e. The molecule has 5 nitrogen and oxygen atoms in total. The van der Waals surface area contributed by atoms with E-state index in [1.807, 2.05) is 25.7 Å². The second kappa shape index (κ2) is 6.98. The number of nitrogens with one attached hydrogen (secondary N) is 1. The molecule has 2 heterocycles. The maximum atomic E-state index is 12.4. The van der Waals surface area contributed by atoms with E-state index in [-0.39, 0.29) is 11.7 Å². The molecule has 2 saturated heterocycles. The van der Waals surface area contributed by atoms with Gasteiger partial charge in [-0.05, 0) is 73.3 Å². The van der Waals surface area contributed by atoms with Gasteiger partial charge in [-0.15, -0.1) is 0 Å². The molecule has 2 fully saturated rings. The summed E-state index contributed by atoms with van der Waals surface area (Å²) < 4.78 is 11.1. The van der Waals surface area contributed by atoms with Gasteiger partial charge in [-0.1, -0.05) is 0 Å². The van der Waals surface area contributed by atoms with Crippen molar-refractivity contribution in [3.63, 3.8) is 0 Å². The highest BCUT2D eigenvalue weighted by Crippen LogP contribution is 2.36. The molecule has 0 aromatic carbocycles. The molecule has 23 heavy (non-hydrogen) atoms. The minimum Gasteiger partial charge on any atom is -0.444 e. The highest BCUT2D eigenvalue weighted by atomic mass is 16.6. The number of fused-ring (bicyclic) bond motifs is 2. The maximum absolute atomic E-state index is 12.4. The first-order chi connectivity index (χ1) is 10.6. The van der Waals surface area contributed by atoms with E-state index in [1.165, 1.54) is 0 Å². The zero-order chi connectivity index (χ0) is 17.3. The number of hydrogen-bond donors (Lipinski definition) is 1. The number of piperidine rings is 1. The summed E-state index contributed by atoms with van der Waals surface area (Å²) in [4.78, 5) is 14.4. The van der Waals surface area contributed by atoms with Crippen molar-refractivity contribution in [1.29, 1.82) is 0 Å². The Morgan fingerprint density at radius 2 is 1.70 bits per heavy atom. The first-order valence-corrected chi connectivity index (χ1v) is 8.91. The predicted octanol–water partition coefficient (Wildman–Crippen LogP) is 3.32. The van der Waals surface area contributed by atoms with E-state index in [2.05, 4.69) is 19.2 Å². The summed E-state index contributed by atoms with van der Waals surface area (Å²) in [6.07, 6.45) is 5.12. The molecule has 1 N–H and O–H groups in total. The molecule has 2 aliphatic heterocycles. The highest BCUT2D eigenvalue weighted by molar-refractivity contribution is 5.69. The van der Waals surface area contributed by atoms with E-state index < -0.39 is 5.60 Å². The number of nitrogens with zero attached hydrogens (tertiary/aromatic N) is 1. The van der Waals surface area contributed by atoms with Crippen LogP contribution in [0.15, 0.2) is 0 Å². The summed E-state index contributed by atoms with van der Waals surface area (Å²) >= 11 is 0. The van der Waals surface area contributed by atoms with E-state index in [4.69, 9.17) is 9.47 Å². The lowest BCUT2D eigenvalue weighted by molar-refractivity contribution is 0.00296. The molecule has 0 aromatic heterocycles. The summed E-state index contributed by atoms with van der Waals surface area (Å²) in [6, 6.07) is 1.16. The molecule has 2 rings (SSSR count). The van der Waals surface area contributed by atoms with Gasteiger partial charge in [-0.25, -0.2) is 4.79 Å². The third-order valence-corrected chi connectivity index (χ3v) is 5.05. The van der Waals surface area contributed by atoms with Crippen molar-refractivity contribution in [2.24, 2.45) is 0 Å². The van der Waals surface area contributed by atoms with Crippen LogP contribution in [0, 0.1) is 0 Å². The Kier molecular flexibility index (Phi) is 5.62. The lowest BCUT2D eigenvalue weighted by Crippen LogP contribution is -2.53. The van der Waals surface area contributed by atoms with Crippen LogP contribution in [-0.2, 0) is 9.47 Å². The van der Waals surface area contributed by atoms with E-state index in [0.717, 1.165) is 38.6 Å². The zero-order valence-electron chi connectivity index (χ0n) is 15.6. The molecule has 2 unspecified atom stereocenters. The summed E-state index contributed by atoms with van der Waals surface area (Å²) in [5.74, 6) is 0. The largest absolute Gasteiger partial charge is 0.444 e. The van der Waals surface area contributed by atoms with E-state index in [0.29, 0.717) is 18.1 Å². The fourth-order valence-corrected chi connectivity index (χ4v) is 3.64. The molecule has 5 heteroatoms. The number of rotatable bonds is 5. The predicted molar refractivity (Wildman–Crippen MR) is 91.6 cm³/mol. The Morgan fingerprint density at radius 1 is 1.13 bits per heavy atom. The zero-order valence-corrected chi connectivity index (χ0v) is 15.6. The van der Waals surface area contributed by atoms with Crippen LogP contribution in [0.2, 0.25) is 0 Å². The van der Waals surface area contributed by atoms with Gasteiger partial charge in [-0.3, -0.25) is 0 Å². The second-order valence-electron chi connectivity index (χ2n) is 8.61. The number of hydrogen-bond acceptors (Lipinski definition) is 4. The van der Waals surface area contributed by atoms with Gasteiger partial charge in [0.1, 0.15) is 5.60 Å². The molecule has 134 valence electrons. The SMILES string of the molecule is COC(C)(C)CCNC1CC2CCC(C1)N2C(=O)OC(C)(C)C. The Labute approximate surface area is 141 Å². The van der Waals surface area contributed by atoms with Crippen LogP contribution in [0.4, 0.5) is 4.79 Å². The van der Waals surface area contributed by atoms with Crippen LogP contribution in [0.25, 0.3) is 0 Å². The van der Waals surface area contributed by atoms with Gasteiger partial charge in [0.25, 0.3) is 0 Å². The number of carbonyl (C=O) groups excluding carboxylic acids is 1. The molecule has 0 aromatic rings. The number of methoxy groups -OCH3 is 1. The quantitative estimate of drug-likeness (QED) is 0.842. The van der Waals surface area contributed by atoms with Crippen molar-refractivity contribution in [3.05, 3.63) is 0 Å². The van der Waals surface area contributed by atoms with Gasteiger partial charge in [0.2, 0.25) is 0 Å². The number of carbonyl (C=O) groups is 1. The third-order valence-electron chi connectivity index (χ3n) is 5.05. The molecule has 0 aliphatic carbocycles. The van der Waals surface area contributed by atoms with E-state index in [9.17, 15) is 4.79 Å². The van der Waals surface area contributed by atoms with Crippen molar-refractivity contribution in [2.75, 3.05) is 13.7 Å². The van der Waals surface area contributed by atoms with Crippen LogP contribution in [0.3, 0.4) is 0 Å². The van der Waals surface area contributed by atoms with Crippen LogP contribution in [0.1, 0.15) is 66.7 Å². The number of amides is 1. The fraction of sp³-hybridized carbons (Fsp3) is 0.944. The normalized spacial score (nSPS) is 28.1. The van der Waals surface area contributed by atoms with Gasteiger partial charge in [-0.2, -0.15) is 0 Å². The standard InChI is InChI=1S/C18H34N2O3/c1-17(2,3)23-16(21)20-14-7-8-15(20)12-13(11-14)19-10-9-18(4,5)22-6/h13-15,19H,7-12H2,1-6H3. The minimum absolute atomic E-state index is 0.0802. The Bertz CT molecular complexity index is 403. The molecule has 0 spiro atoms. The molecule has 2 bridgehead atoms. The minimum atomic E-state index is -0.419. The second-order valence-corrected chi connectivity index (χ2v) is 8.61. The van der Waals surface area contributed by atoms with E-state index in [1.54, 1.807) is 7.11 Å². The average molecular weight is 326 g/mol. The molecule has 2 aliphatic rings.